The predicted molar refractivity (Wildman–Crippen MR) is 84.5 cm³/mol. The maximum atomic E-state index is 5.98. The minimum absolute atomic E-state index is 0.677. The molecule has 0 spiro atoms. The van der Waals surface area contributed by atoms with E-state index in [1.807, 2.05) is 7.05 Å². The lowest BCUT2D eigenvalue weighted by Crippen LogP contribution is -2.46. The zero-order valence-corrected chi connectivity index (χ0v) is 13.1. The fraction of sp³-hybridized carbons (Fsp3) is 0.647. The zero-order chi connectivity index (χ0) is 14.4. The van der Waals surface area contributed by atoms with Crippen molar-refractivity contribution in [2.45, 2.75) is 39.2 Å². The molecule has 0 aliphatic carbocycles. The topological polar surface area (TPSA) is 24.5 Å². The molecule has 1 aliphatic rings. The van der Waals surface area contributed by atoms with Gasteiger partial charge in [0.05, 0.1) is 0 Å². The molecule has 3 heteroatoms. The first-order valence-corrected chi connectivity index (χ1v) is 7.79. The van der Waals surface area contributed by atoms with Crippen LogP contribution in [0.4, 0.5) is 0 Å². The average molecular weight is 276 g/mol. The molecule has 1 atom stereocenters. The normalized spacial score (nSPS) is 20.1. The number of benzene rings is 1. The van der Waals surface area contributed by atoms with Gasteiger partial charge in [-0.2, -0.15) is 0 Å². The van der Waals surface area contributed by atoms with Gasteiger partial charge in [-0.3, -0.25) is 4.90 Å². The highest BCUT2D eigenvalue weighted by molar-refractivity contribution is 5.35. The van der Waals surface area contributed by atoms with E-state index in [1.165, 1.54) is 36.9 Å². The van der Waals surface area contributed by atoms with Crippen molar-refractivity contribution in [1.29, 1.82) is 0 Å². The fourth-order valence-corrected chi connectivity index (χ4v) is 2.96. The van der Waals surface area contributed by atoms with Crippen LogP contribution in [0.25, 0.3) is 0 Å². The van der Waals surface area contributed by atoms with E-state index in [-0.39, 0.29) is 0 Å². The van der Waals surface area contributed by atoms with Crippen molar-refractivity contribution >= 4 is 0 Å². The van der Waals surface area contributed by atoms with Crippen molar-refractivity contribution in [2.24, 2.45) is 0 Å². The second-order valence-corrected chi connectivity index (χ2v) is 5.86. The van der Waals surface area contributed by atoms with E-state index >= 15 is 0 Å². The van der Waals surface area contributed by atoms with Gasteiger partial charge < -0.3 is 10.1 Å². The van der Waals surface area contributed by atoms with Crippen LogP contribution >= 0.6 is 0 Å². The molecule has 2 rings (SSSR count). The molecular weight excluding hydrogens is 248 g/mol. The van der Waals surface area contributed by atoms with Gasteiger partial charge >= 0.3 is 0 Å². The van der Waals surface area contributed by atoms with E-state index < -0.39 is 0 Å². The summed E-state index contributed by atoms with van der Waals surface area (Å²) in [4.78, 5) is 2.57. The van der Waals surface area contributed by atoms with Crippen LogP contribution in [0.3, 0.4) is 0 Å². The maximum Gasteiger partial charge on any atom is 0.122 e. The van der Waals surface area contributed by atoms with Crippen molar-refractivity contribution in [3.05, 3.63) is 29.3 Å². The number of aryl methyl sites for hydroxylation is 2. The van der Waals surface area contributed by atoms with Crippen LogP contribution in [0.1, 0.15) is 30.4 Å². The highest BCUT2D eigenvalue weighted by atomic mass is 16.5. The van der Waals surface area contributed by atoms with E-state index in [4.69, 9.17) is 4.74 Å². The number of piperidine rings is 1. The largest absolute Gasteiger partial charge is 0.492 e. The number of nitrogens with zero attached hydrogens (tertiary/aromatic N) is 1. The molecule has 0 saturated carbocycles. The molecule has 1 aromatic rings. The predicted octanol–water partition coefficient (Wildman–Crippen LogP) is 2.76. The molecule has 3 nitrogen and oxygen atoms in total. The quantitative estimate of drug-likeness (QED) is 0.864. The number of rotatable bonds is 6. The molecule has 1 N–H and O–H groups in total. The molecule has 1 aromatic carbocycles. The van der Waals surface area contributed by atoms with Crippen LogP contribution in [0.2, 0.25) is 0 Å². The summed E-state index contributed by atoms with van der Waals surface area (Å²) >= 11 is 0. The van der Waals surface area contributed by atoms with Gasteiger partial charge in [-0.1, -0.05) is 18.6 Å². The van der Waals surface area contributed by atoms with Gasteiger partial charge in [-0.25, -0.2) is 0 Å². The summed E-state index contributed by atoms with van der Waals surface area (Å²) in [6.07, 6.45) is 3.99. The summed E-state index contributed by atoms with van der Waals surface area (Å²) in [5, 5.41) is 3.31. The summed E-state index contributed by atoms with van der Waals surface area (Å²) in [7, 11) is 2.04. The Labute approximate surface area is 123 Å². The maximum absolute atomic E-state index is 5.98. The van der Waals surface area contributed by atoms with Gasteiger partial charge in [0.2, 0.25) is 0 Å². The Bertz CT molecular complexity index is 417. The molecule has 0 bridgehead atoms. The van der Waals surface area contributed by atoms with Gasteiger partial charge in [-0.05, 0) is 57.5 Å². The number of hydrogen-bond acceptors (Lipinski definition) is 3. The van der Waals surface area contributed by atoms with E-state index in [2.05, 4.69) is 42.3 Å². The molecule has 112 valence electrons. The number of hydrogen-bond donors (Lipinski definition) is 1. The van der Waals surface area contributed by atoms with Crippen LogP contribution in [-0.2, 0) is 0 Å². The van der Waals surface area contributed by atoms with Crippen molar-refractivity contribution in [3.8, 4) is 5.75 Å². The fourth-order valence-electron chi connectivity index (χ4n) is 2.96. The summed E-state index contributed by atoms with van der Waals surface area (Å²) < 4.78 is 5.98. The van der Waals surface area contributed by atoms with Gasteiger partial charge in [0.1, 0.15) is 12.4 Å². The smallest absolute Gasteiger partial charge is 0.122 e. The number of likely N-dealkylation sites (N-methyl/N-ethyl adjacent to an activating group) is 1. The van der Waals surface area contributed by atoms with E-state index in [1.54, 1.807) is 0 Å². The second-order valence-electron chi connectivity index (χ2n) is 5.86. The first-order chi connectivity index (χ1) is 9.70. The molecular formula is C17H28N2O. The van der Waals surface area contributed by atoms with Crippen LogP contribution in [-0.4, -0.2) is 44.2 Å². The molecule has 1 aliphatic heterocycles. The molecule has 0 radical (unpaired) electrons. The molecule has 0 aromatic heterocycles. The number of likely N-dealkylation sites (tertiary alicyclic amines) is 1. The van der Waals surface area contributed by atoms with Crippen molar-refractivity contribution in [3.63, 3.8) is 0 Å². The Morgan fingerprint density at radius 1 is 1.30 bits per heavy atom. The third kappa shape index (κ3) is 4.22. The highest BCUT2D eigenvalue weighted by Crippen LogP contribution is 2.20. The van der Waals surface area contributed by atoms with Gasteiger partial charge in [0.15, 0.2) is 0 Å². The monoisotopic (exact) mass is 276 g/mol. The Balaban J connectivity index is 1.83. The van der Waals surface area contributed by atoms with Crippen LogP contribution in [0.5, 0.6) is 5.75 Å². The van der Waals surface area contributed by atoms with Crippen molar-refractivity contribution in [2.75, 3.05) is 33.3 Å². The molecule has 1 saturated heterocycles. The van der Waals surface area contributed by atoms with Crippen LogP contribution in [0.15, 0.2) is 18.2 Å². The lowest BCUT2D eigenvalue weighted by molar-refractivity contribution is 0.122. The summed E-state index contributed by atoms with van der Waals surface area (Å²) in [5.74, 6) is 1.03. The number of nitrogens with one attached hydrogen (secondary N) is 1. The molecule has 20 heavy (non-hydrogen) atoms. The van der Waals surface area contributed by atoms with Crippen molar-refractivity contribution < 1.29 is 4.74 Å². The third-order valence-electron chi connectivity index (χ3n) is 4.17. The van der Waals surface area contributed by atoms with Gasteiger partial charge in [0.25, 0.3) is 0 Å². The van der Waals surface area contributed by atoms with Crippen molar-refractivity contribution in [1.82, 2.24) is 10.2 Å². The minimum Gasteiger partial charge on any atom is -0.492 e. The van der Waals surface area contributed by atoms with Gasteiger partial charge in [-0.15, -0.1) is 0 Å². The Kier molecular flexibility index (Phi) is 5.86. The standard InChI is InChI=1S/C17H28N2O/c1-14-7-8-15(2)17(12-14)20-11-10-19-9-5-4-6-16(19)13-18-3/h7-8,12,16,18H,4-6,9-11,13H2,1-3H3. The average Bonchev–Trinajstić information content (AvgIpc) is 2.45. The van der Waals surface area contributed by atoms with Gasteiger partial charge in [0, 0.05) is 19.1 Å². The van der Waals surface area contributed by atoms with E-state index in [0.29, 0.717) is 6.04 Å². The summed E-state index contributed by atoms with van der Waals surface area (Å²) in [6.45, 7) is 8.33. The molecule has 1 fully saturated rings. The van der Waals surface area contributed by atoms with E-state index in [0.717, 1.165) is 25.4 Å². The first-order valence-electron chi connectivity index (χ1n) is 7.79. The molecule has 0 amide bonds. The Morgan fingerprint density at radius 3 is 2.95 bits per heavy atom. The second kappa shape index (κ2) is 7.65. The SMILES string of the molecule is CNCC1CCCCN1CCOc1cc(C)ccc1C. The van der Waals surface area contributed by atoms with Crippen LogP contribution < -0.4 is 10.1 Å². The highest BCUT2D eigenvalue weighted by Gasteiger charge is 2.21. The third-order valence-corrected chi connectivity index (χ3v) is 4.17. The zero-order valence-electron chi connectivity index (χ0n) is 13.1. The minimum atomic E-state index is 0.677. The number of ether oxygens (including phenoxy) is 1. The van der Waals surface area contributed by atoms with Crippen LogP contribution in [0, 0.1) is 13.8 Å². The molecule has 1 unspecified atom stereocenters. The summed E-state index contributed by atoms with van der Waals surface area (Å²) in [5.41, 5.74) is 2.48. The Hall–Kier alpha value is -1.06. The molecule has 1 heterocycles. The van der Waals surface area contributed by atoms with E-state index in [9.17, 15) is 0 Å². The lowest BCUT2D eigenvalue weighted by atomic mass is 10.0. The summed E-state index contributed by atoms with van der Waals surface area (Å²) in [6, 6.07) is 7.08. The first kappa shape index (κ1) is 15.3. The lowest BCUT2D eigenvalue weighted by Gasteiger charge is -2.35. The Morgan fingerprint density at radius 2 is 2.15 bits per heavy atom.